The van der Waals surface area contributed by atoms with Crippen molar-refractivity contribution in [2.75, 3.05) is 13.2 Å². The lowest BCUT2D eigenvalue weighted by Crippen LogP contribution is -2.26. The van der Waals surface area contributed by atoms with Gasteiger partial charge in [-0.2, -0.15) is 0 Å². The molecule has 22 heavy (non-hydrogen) atoms. The van der Waals surface area contributed by atoms with Crippen molar-refractivity contribution in [2.45, 2.75) is 19.8 Å². The fourth-order valence-electron chi connectivity index (χ4n) is 2.15. The highest BCUT2D eigenvalue weighted by Crippen LogP contribution is 2.36. The zero-order valence-electron chi connectivity index (χ0n) is 12.1. The van der Waals surface area contributed by atoms with E-state index in [1.54, 1.807) is 13.8 Å². The van der Waals surface area contributed by atoms with Gasteiger partial charge in [-0.05, 0) is 51.8 Å². The van der Waals surface area contributed by atoms with Crippen molar-refractivity contribution >= 4 is 54.7 Å². The Kier molecular flexibility index (Phi) is 5.63. The first-order chi connectivity index (χ1) is 10.5. The fraction of sp³-hybridized carbons (Fsp3) is 0.333. The van der Waals surface area contributed by atoms with E-state index < -0.39 is 17.9 Å². The summed E-state index contributed by atoms with van der Waals surface area (Å²) in [5, 5.41) is 0.864. The number of fused-ring (bicyclic) bond motifs is 1. The summed E-state index contributed by atoms with van der Waals surface area (Å²) in [5.41, 5.74) is 1.22. The van der Waals surface area contributed by atoms with Gasteiger partial charge in [0.15, 0.2) is 5.92 Å². The summed E-state index contributed by atoms with van der Waals surface area (Å²) in [6.07, 6.45) is 0. The minimum atomic E-state index is -1.14. The summed E-state index contributed by atoms with van der Waals surface area (Å²) >= 11 is 6.90. The lowest BCUT2D eigenvalue weighted by atomic mass is 10.1. The smallest absolute Gasteiger partial charge is 0.326 e. The van der Waals surface area contributed by atoms with Crippen molar-refractivity contribution in [3.63, 3.8) is 0 Å². The average Bonchev–Trinajstić information content (AvgIpc) is 2.79. The Morgan fingerprint density at radius 1 is 1.14 bits per heavy atom. The van der Waals surface area contributed by atoms with Crippen molar-refractivity contribution in [2.24, 2.45) is 0 Å². The number of hydrogen-bond acceptors (Lipinski definition) is 4. The van der Waals surface area contributed by atoms with Crippen molar-refractivity contribution in [1.29, 1.82) is 0 Å². The van der Waals surface area contributed by atoms with Crippen molar-refractivity contribution in [1.82, 2.24) is 4.98 Å². The minimum absolute atomic E-state index is 0.191. The van der Waals surface area contributed by atoms with E-state index in [1.165, 1.54) is 0 Å². The van der Waals surface area contributed by atoms with Crippen LogP contribution in [0, 0.1) is 0 Å². The second-order valence-electron chi connectivity index (χ2n) is 4.45. The number of ether oxygens (including phenoxy) is 2. The van der Waals surface area contributed by atoms with Gasteiger partial charge in [-0.15, -0.1) is 0 Å². The summed E-state index contributed by atoms with van der Waals surface area (Å²) in [6.45, 7) is 3.76. The number of H-pyrrole nitrogens is 1. The van der Waals surface area contributed by atoms with Crippen LogP contribution >= 0.6 is 31.9 Å². The standard InChI is InChI=1S/C15H15Br2NO4/c1-3-21-14(19)10(15(20)22-4-2)13-11(17)8-6-5-7-9(16)12(8)18-13/h5-7,10,18H,3-4H2,1-2H3. The van der Waals surface area contributed by atoms with Crippen molar-refractivity contribution in [3.8, 4) is 0 Å². The summed E-state index contributed by atoms with van der Waals surface area (Å²) < 4.78 is 11.5. The Morgan fingerprint density at radius 2 is 1.73 bits per heavy atom. The van der Waals surface area contributed by atoms with Gasteiger partial charge < -0.3 is 14.5 Å². The molecule has 0 unspecified atom stereocenters. The molecule has 0 atom stereocenters. The van der Waals surface area contributed by atoms with Gasteiger partial charge in [-0.25, -0.2) is 0 Å². The van der Waals surface area contributed by atoms with E-state index in [2.05, 4.69) is 36.8 Å². The average molecular weight is 433 g/mol. The maximum Gasteiger partial charge on any atom is 0.326 e. The van der Waals surface area contributed by atoms with Crippen LogP contribution in [0.3, 0.4) is 0 Å². The van der Waals surface area contributed by atoms with E-state index in [1.807, 2.05) is 18.2 Å². The number of nitrogens with one attached hydrogen (secondary N) is 1. The molecule has 7 heteroatoms. The summed E-state index contributed by atoms with van der Waals surface area (Å²) in [6, 6.07) is 5.63. The molecular formula is C15H15Br2NO4. The number of carbonyl (C=O) groups excluding carboxylic acids is 2. The second-order valence-corrected chi connectivity index (χ2v) is 6.10. The molecule has 1 aromatic carbocycles. The van der Waals surface area contributed by atoms with Gasteiger partial charge in [-0.1, -0.05) is 12.1 Å². The molecule has 0 fully saturated rings. The Balaban J connectivity index is 2.56. The predicted octanol–water partition coefficient (Wildman–Crippen LogP) is 3.90. The Labute approximate surface area is 144 Å². The lowest BCUT2D eigenvalue weighted by molar-refractivity contribution is -0.157. The van der Waals surface area contributed by atoms with Gasteiger partial charge >= 0.3 is 11.9 Å². The van der Waals surface area contributed by atoms with E-state index in [4.69, 9.17) is 9.47 Å². The molecule has 2 aromatic rings. The molecule has 0 aliphatic rings. The fourth-order valence-corrected chi connectivity index (χ4v) is 3.27. The Bertz CT molecular complexity index is 693. The number of carbonyl (C=O) groups is 2. The van der Waals surface area contributed by atoms with E-state index in [9.17, 15) is 9.59 Å². The molecule has 0 saturated carbocycles. The second kappa shape index (κ2) is 7.28. The molecule has 5 nitrogen and oxygen atoms in total. The molecule has 0 aliphatic heterocycles. The molecule has 0 amide bonds. The lowest BCUT2D eigenvalue weighted by Gasteiger charge is -2.13. The van der Waals surface area contributed by atoms with Crippen LogP contribution < -0.4 is 0 Å². The highest BCUT2D eigenvalue weighted by atomic mass is 79.9. The van der Waals surface area contributed by atoms with Crippen LogP contribution in [0.5, 0.6) is 0 Å². The third-order valence-corrected chi connectivity index (χ3v) is 4.59. The molecule has 0 saturated heterocycles. The number of rotatable bonds is 5. The molecule has 0 bridgehead atoms. The Morgan fingerprint density at radius 3 is 2.23 bits per heavy atom. The molecule has 0 radical (unpaired) electrons. The number of benzene rings is 1. The normalized spacial score (nSPS) is 11.0. The van der Waals surface area contributed by atoms with Crippen LogP contribution in [0.25, 0.3) is 10.9 Å². The van der Waals surface area contributed by atoms with Gasteiger partial charge in [0.2, 0.25) is 0 Å². The number of halogens is 2. The summed E-state index contributed by atoms with van der Waals surface area (Å²) in [4.78, 5) is 27.5. The van der Waals surface area contributed by atoms with Gasteiger partial charge in [0.1, 0.15) is 0 Å². The molecule has 118 valence electrons. The van der Waals surface area contributed by atoms with E-state index in [-0.39, 0.29) is 13.2 Å². The molecule has 0 spiro atoms. The first-order valence-electron chi connectivity index (χ1n) is 6.80. The first kappa shape index (κ1) is 17.0. The van der Waals surface area contributed by atoms with Crippen LogP contribution in [-0.2, 0) is 19.1 Å². The number of aromatic nitrogens is 1. The summed E-state index contributed by atoms with van der Waals surface area (Å²) in [7, 11) is 0. The Hall–Kier alpha value is -1.34. The SMILES string of the molecule is CCOC(=O)C(C(=O)OCC)c1[nH]c2c(Br)cccc2c1Br. The van der Waals surface area contributed by atoms with Gasteiger partial charge in [-0.3, -0.25) is 9.59 Å². The van der Waals surface area contributed by atoms with E-state index >= 15 is 0 Å². The van der Waals surface area contributed by atoms with E-state index in [0.717, 1.165) is 15.4 Å². The monoisotopic (exact) mass is 431 g/mol. The van der Waals surface area contributed by atoms with Gasteiger partial charge in [0.05, 0.1) is 24.4 Å². The molecular weight excluding hydrogens is 418 g/mol. The quantitative estimate of drug-likeness (QED) is 0.574. The number of aromatic amines is 1. The van der Waals surface area contributed by atoms with Crippen LogP contribution in [0.15, 0.2) is 27.1 Å². The van der Waals surface area contributed by atoms with Crippen LogP contribution in [0.1, 0.15) is 25.5 Å². The molecule has 1 heterocycles. The maximum atomic E-state index is 12.2. The highest BCUT2D eigenvalue weighted by molar-refractivity contribution is 9.11. The van der Waals surface area contributed by atoms with Gasteiger partial charge in [0, 0.05) is 14.3 Å². The number of hydrogen-bond donors (Lipinski definition) is 1. The van der Waals surface area contributed by atoms with Gasteiger partial charge in [0.25, 0.3) is 0 Å². The van der Waals surface area contributed by atoms with E-state index in [0.29, 0.717) is 10.2 Å². The zero-order chi connectivity index (χ0) is 16.3. The van der Waals surface area contributed by atoms with Crippen LogP contribution in [0.4, 0.5) is 0 Å². The third-order valence-electron chi connectivity index (χ3n) is 3.08. The maximum absolute atomic E-state index is 12.2. The number of para-hydroxylation sites is 1. The largest absolute Gasteiger partial charge is 0.465 e. The van der Waals surface area contributed by atoms with Crippen molar-refractivity contribution in [3.05, 3.63) is 32.8 Å². The molecule has 1 aromatic heterocycles. The zero-order valence-corrected chi connectivity index (χ0v) is 15.3. The highest BCUT2D eigenvalue weighted by Gasteiger charge is 2.35. The van der Waals surface area contributed by atoms with Crippen LogP contribution in [-0.4, -0.2) is 30.1 Å². The third kappa shape index (κ3) is 3.20. The van der Waals surface area contributed by atoms with Crippen LogP contribution in [0.2, 0.25) is 0 Å². The summed E-state index contributed by atoms with van der Waals surface area (Å²) in [5.74, 6) is -2.41. The minimum Gasteiger partial charge on any atom is -0.465 e. The van der Waals surface area contributed by atoms with Crippen molar-refractivity contribution < 1.29 is 19.1 Å². The first-order valence-corrected chi connectivity index (χ1v) is 8.38. The number of esters is 2. The molecule has 0 aliphatic carbocycles. The predicted molar refractivity (Wildman–Crippen MR) is 89.7 cm³/mol. The molecule has 1 N–H and O–H groups in total. The molecule has 2 rings (SSSR count). The topological polar surface area (TPSA) is 68.4 Å².